The summed E-state index contributed by atoms with van der Waals surface area (Å²) in [7, 11) is 0. The molecule has 3 rings (SSSR count). The molecule has 2 heterocycles. The Bertz CT molecular complexity index is 764. The molecule has 0 bridgehead atoms. The first-order chi connectivity index (χ1) is 10.0. The van der Waals surface area contributed by atoms with Gasteiger partial charge in [0.2, 0.25) is 0 Å². The van der Waals surface area contributed by atoms with Gasteiger partial charge in [0.15, 0.2) is 0 Å². The molecule has 21 heavy (non-hydrogen) atoms. The molecule has 0 aliphatic carbocycles. The number of aromatic nitrogens is 2. The van der Waals surface area contributed by atoms with E-state index in [0.29, 0.717) is 18.5 Å². The lowest BCUT2D eigenvalue weighted by Crippen LogP contribution is -2.27. The highest BCUT2D eigenvalue weighted by molar-refractivity contribution is 6.32. The minimum absolute atomic E-state index is 0.0571. The second kappa shape index (κ2) is 5.22. The van der Waals surface area contributed by atoms with Crippen molar-refractivity contribution in [1.82, 2.24) is 9.36 Å². The molecule has 112 valence electrons. The van der Waals surface area contributed by atoms with Crippen molar-refractivity contribution in [1.29, 1.82) is 0 Å². The highest BCUT2D eigenvalue weighted by Gasteiger charge is 2.24. The van der Waals surface area contributed by atoms with Gasteiger partial charge in [0.25, 0.3) is 5.56 Å². The van der Waals surface area contributed by atoms with Gasteiger partial charge in [0, 0.05) is 24.3 Å². The van der Waals surface area contributed by atoms with Crippen LogP contribution in [-0.4, -0.2) is 14.5 Å². The van der Waals surface area contributed by atoms with Crippen LogP contribution >= 0.6 is 11.6 Å². The number of nitrogens with zero attached hydrogens (tertiary/aromatic N) is 2. The van der Waals surface area contributed by atoms with Crippen molar-refractivity contribution in [2.75, 3.05) is 0 Å². The van der Waals surface area contributed by atoms with E-state index in [4.69, 9.17) is 11.6 Å². The summed E-state index contributed by atoms with van der Waals surface area (Å²) in [5.41, 5.74) is 1.06. The molecule has 1 aromatic heterocycles. The van der Waals surface area contributed by atoms with E-state index >= 15 is 0 Å². The average molecular weight is 311 g/mol. The van der Waals surface area contributed by atoms with Crippen molar-refractivity contribution in [2.24, 2.45) is 0 Å². The zero-order valence-electron chi connectivity index (χ0n) is 11.7. The summed E-state index contributed by atoms with van der Waals surface area (Å²) >= 11 is 5.71. The minimum Gasteiger partial charge on any atom is -0.506 e. The topological polar surface area (TPSA) is 47.2 Å². The fourth-order valence-corrected chi connectivity index (χ4v) is 3.15. The third-order valence-electron chi connectivity index (χ3n) is 3.97. The van der Waals surface area contributed by atoms with Crippen LogP contribution in [0.1, 0.15) is 25.5 Å². The molecule has 1 aliphatic heterocycles. The normalized spacial score (nSPS) is 14.2. The Morgan fingerprint density at radius 2 is 1.95 bits per heavy atom. The third-order valence-corrected chi connectivity index (χ3v) is 4.27. The van der Waals surface area contributed by atoms with Gasteiger partial charge in [-0.1, -0.05) is 18.5 Å². The van der Waals surface area contributed by atoms with Gasteiger partial charge >= 0.3 is 0 Å². The largest absolute Gasteiger partial charge is 0.506 e. The molecular formula is C15H16ClFN2O2. The molecule has 0 saturated carbocycles. The molecule has 4 nitrogen and oxygen atoms in total. The number of rotatable bonds is 2. The fraction of sp³-hybridized carbons (Fsp3) is 0.400. The van der Waals surface area contributed by atoms with E-state index in [-0.39, 0.29) is 21.9 Å². The number of aromatic hydroxyl groups is 1. The Balaban J connectivity index is 2.31. The van der Waals surface area contributed by atoms with Crippen molar-refractivity contribution in [3.63, 3.8) is 0 Å². The molecule has 0 spiro atoms. The zero-order chi connectivity index (χ0) is 15.1. The predicted octanol–water partition coefficient (Wildman–Crippen LogP) is 3.17. The summed E-state index contributed by atoms with van der Waals surface area (Å²) in [5.74, 6) is -0.808. The molecule has 0 unspecified atom stereocenters. The van der Waals surface area contributed by atoms with Crippen LogP contribution in [0.15, 0.2) is 16.9 Å². The number of hydrogen-bond acceptors (Lipinski definition) is 2. The van der Waals surface area contributed by atoms with Crippen molar-refractivity contribution in [3.8, 4) is 16.9 Å². The summed E-state index contributed by atoms with van der Waals surface area (Å²) in [6, 6.07) is 2.28. The van der Waals surface area contributed by atoms with Crippen LogP contribution < -0.4 is 5.56 Å². The third kappa shape index (κ3) is 2.16. The van der Waals surface area contributed by atoms with E-state index in [9.17, 15) is 14.3 Å². The molecule has 0 atom stereocenters. The van der Waals surface area contributed by atoms with Gasteiger partial charge in [0.1, 0.15) is 11.6 Å². The molecule has 1 N–H and O–H groups in total. The summed E-state index contributed by atoms with van der Waals surface area (Å²) in [5, 5.41) is 9.67. The first kappa shape index (κ1) is 14.2. The summed E-state index contributed by atoms with van der Waals surface area (Å²) in [4.78, 5) is 12.6. The second-order valence-corrected chi connectivity index (χ2v) is 5.62. The Morgan fingerprint density at radius 3 is 2.62 bits per heavy atom. The Hall–Kier alpha value is -1.75. The lowest BCUT2D eigenvalue weighted by atomic mass is 10.0. The highest BCUT2D eigenvalue weighted by Crippen LogP contribution is 2.33. The Morgan fingerprint density at radius 1 is 1.29 bits per heavy atom. The van der Waals surface area contributed by atoms with Crippen LogP contribution in [0.5, 0.6) is 5.75 Å². The van der Waals surface area contributed by atoms with Gasteiger partial charge in [-0.25, -0.2) is 9.07 Å². The molecule has 1 aliphatic rings. The number of halogens is 2. The van der Waals surface area contributed by atoms with Gasteiger partial charge in [-0.2, -0.15) is 0 Å². The number of hydrogen-bond donors (Lipinski definition) is 1. The van der Waals surface area contributed by atoms with Gasteiger partial charge in [-0.15, -0.1) is 0 Å². The van der Waals surface area contributed by atoms with Gasteiger partial charge in [0.05, 0.1) is 10.6 Å². The maximum absolute atomic E-state index is 14.2. The zero-order valence-corrected chi connectivity index (χ0v) is 12.5. The van der Waals surface area contributed by atoms with Gasteiger partial charge < -0.3 is 5.11 Å². The van der Waals surface area contributed by atoms with E-state index in [1.165, 1.54) is 6.07 Å². The lowest BCUT2D eigenvalue weighted by molar-refractivity contribution is 0.347. The van der Waals surface area contributed by atoms with E-state index in [1.54, 1.807) is 4.68 Å². The average Bonchev–Trinajstić information content (AvgIpc) is 2.76. The summed E-state index contributed by atoms with van der Waals surface area (Å²) < 4.78 is 17.8. The van der Waals surface area contributed by atoms with Crippen LogP contribution in [0.3, 0.4) is 0 Å². The minimum atomic E-state index is -0.590. The van der Waals surface area contributed by atoms with Crippen molar-refractivity contribution >= 4 is 11.6 Å². The number of benzene rings is 1. The molecule has 0 amide bonds. The number of phenolic OH excluding ortho intramolecular Hbond substituents is 1. The quantitative estimate of drug-likeness (QED) is 0.926. The summed E-state index contributed by atoms with van der Waals surface area (Å²) in [6.07, 6.45) is 2.58. The second-order valence-electron chi connectivity index (χ2n) is 5.22. The van der Waals surface area contributed by atoms with E-state index in [2.05, 4.69) is 0 Å². The van der Waals surface area contributed by atoms with E-state index in [1.807, 2.05) is 11.6 Å². The Labute approximate surface area is 126 Å². The fourth-order valence-electron chi connectivity index (χ4n) is 3.00. The van der Waals surface area contributed by atoms with Crippen molar-refractivity contribution < 1.29 is 9.50 Å². The maximum Gasteiger partial charge on any atom is 0.274 e. The van der Waals surface area contributed by atoms with Gasteiger partial charge in [-0.05, 0) is 31.4 Å². The molecule has 1 aromatic carbocycles. The maximum atomic E-state index is 14.2. The predicted molar refractivity (Wildman–Crippen MR) is 79.4 cm³/mol. The number of phenols is 1. The SMILES string of the molecule is CCc1c(-c2cc(O)c(Cl)cc2F)c(=O)n2n1CCCC2. The molecule has 2 aromatic rings. The molecule has 0 saturated heterocycles. The molecular weight excluding hydrogens is 295 g/mol. The first-order valence-electron chi connectivity index (χ1n) is 7.05. The lowest BCUT2D eigenvalue weighted by Gasteiger charge is -2.19. The monoisotopic (exact) mass is 310 g/mol. The molecule has 6 heteroatoms. The first-order valence-corrected chi connectivity index (χ1v) is 7.43. The highest BCUT2D eigenvalue weighted by atomic mass is 35.5. The van der Waals surface area contributed by atoms with Crippen LogP contribution in [0.2, 0.25) is 5.02 Å². The van der Waals surface area contributed by atoms with E-state index in [0.717, 1.165) is 31.1 Å². The van der Waals surface area contributed by atoms with Crippen molar-refractivity contribution in [2.45, 2.75) is 39.3 Å². The van der Waals surface area contributed by atoms with Crippen LogP contribution in [0, 0.1) is 5.82 Å². The number of fused-ring (bicyclic) bond motifs is 1. The van der Waals surface area contributed by atoms with Crippen LogP contribution in [-0.2, 0) is 19.5 Å². The molecule has 0 radical (unpaired) electrons. The van der Waals surface area contributed by atoms with Crippen molar-refractivity contribution in [3.05, 3.63) is 39.0 Å². The molecule has 0 fully saturated rings. The van der Waals surface area contributed by atoms with Crippen LogP contribution in [0.4, 0.5) is 4.39 Å². The Kier molecular flexibility index (Phi) is 3.53. The van der Waals surface area contributed by atoms with Crippen LogP contribution in [0.25, 0.3) is 11.1 Å². The smallest absolute Gasteiger partial charge is 0.274 e. The standard InChI is InChI=1S/C15H16ClFN2O2/c1-2-12-14(9-7-13(20)10(16)8-11(9)17)15(21)19-6-4-3-5-18(12)19/h7-8,20H,2-6H2,1H3. The summed E-state index contributed by atoms with van der Waals surface area (Å²) in [6.45, 7) is 3.35. The van der Waals surface area contributed by atoms with E-state index < -0.39 is 5.82 Å². The van der Waals surface area contributed by atoms with Gasteiger partial charge in [-0.3, -0.25) is 9.48 Å².